The van der Waals surface area contributed by atoms with E-state index in [1.54, 1.807) is 0 Å². The number of hydrogen-bond donors (Lipinski definition) is 2. The van der Waals surface area contributed by atoms with E-state index in [9.17, 15) is 9.59 Å². The highest BCUT2D eigenvalue weighted by molar-refractivity contribution is 5.88. The van der Waals surface area contributed by atoms with Crippen LogP contribution in [-0.2, 0) is 16.1 Å². The SMILES string of the molecule is CC(C)N(CC(=O)NC1CCCCNC1=O)Cc1ccccc1. The lowest BCUT2D eigenvalue weighted by molar-refractivity contribution is -0.129. The number of rotatable bonds is 6. The van der Waals surface area contributed by atoms with Gasteiger partial charge in [0.05, 0.1) is 6.54 Å². The van der Waals surface area contributed by atoms with Crippen LogP contribution in [0.2, 0.25) is 0 Å². The van der Waals surface area contributed by atoms with Gasteiger partial charge in [0.1, 0.15) is 6.04 Å². The highest BCUT2D eigenvalue weighted by atomic mass is 16.2. The molecule has 1 fully saturated rings. The highest BCUT2D eigenvalue weighted by Crippen LogP contribution is 2.09. The van der Waals surface area contributed by atoms with Crippen molar-refractivity contribution in [1.82, 2.24) is 15.5 Å². The number of carbonyl (C=O) groups excluding carboxylic acids is 2. The van der Waals surface area contributed by atoms with Crippen molar-refractivity contribution in [3.05, 3.63) is 35.9 Å². The zero-order valence-corrected chi connectivity index (χ0v) is 14.0. The van der Waals surface area contributed by atoms with Crippen LogP contribution in [0.3, 0.4) is 0 Å². The van der Waals surface area contributed by atoms with Crippen LogP contribution in [0.15, 0.2) is 30.3 Å². The normalized spacial score (nSPS) is 18.6. The summed E-state index contributed by atoms with van der Waals surface area (Å²) in [5, 5.41) is 5.74. The number of benzene rings is 1. The van der Waals surface area contributed by atoms with Crippen molar-refractivity contribution in [3.63, 3.8) is 0 Å². The van der Waals surface area contributed by atoms with Gasteiger partial charge in [0.25, 0.3) is 0 Å². The third-order valence-corrected chi connectivity index (χ3v) is 4.18. The maximum atomic E-state index is 12.3. The summed E-state index contributed by atoms with van der Waals surface area (Å²) in [4.78, 5) is 26.4. The van der Waals surface area contributed by atoms with Gasteiger partial charge in [-0.3, -0.25) is 14.5 Å². The zero-order valence-electron chi connectivity index (χ0n) is 14.0. The molecule has 5 nitrogen and oxygen atoms in total. The van der Waals surface area contributed by atoms with Gasteiger partial charge in [-0.25, -0.2) is 0 Å². The maximum Gasteiger partial charge on any atom is 0.242 e. The predicted octanol–water partition coefficient (Wildman–Crippen LogP) is 1.68. The Labute approximate surface area is 138 Å². The minimum Gasteiger partial charge on any atom is -0.354 e. The van der Waals surface area contributed by atoms with Crippen LogP contribution >= 0.6 is 0 Å². The van der Waals surface area contributed by atoms with Gasteiger partial charge in [-0.15, -0.1) is 0 Å². The van der Waals surface area contributed by atoms with E-state index in [0.717, 1.165) is 25.8 Å². The first kappa shape index (κ1) is 17.5. The molecule has 0 bridgehead atoms. The molecular weight excluding hydrogens is 290 g/mol. The summed E-state index contributed by atoms with van der Waals surface area (Å²) in [5.41, 5.74) is 1.18. The van der Waals surface area contributed by atoms with Gasteiger partial charge in [-0.1, -0.05) is 30.3 Å². The number of amides is 2. The van der Waals surface area contributed by atoms with Gasteiger partial charge in [-0.05, 0) is 38.7 Å². The molecule has 23 heavy (non-hydrogen) atoms. The Balaban J connectivity index is 1.91. The number of nitrogens with zero attached hydrogens (tertiary/aromatic N) is 1. The summed E-state index contributed by atoms with van der Waals surface area (Å²) < 4.78 is 0. The average Bonchev–Trinajstić information content (AvgIpc) is 2.72. The van der Waals surface area contributed by atoms with Crippen molar-refractivity contribution >= 4 is 11.8 Å². The first-order valence-electron chi connectivity index (χ1n) is 8.41. The standard InChI is InChI=1S/C18H27N3O2/c1-14(2)21(12-15-8-4-3-5-9-15)13-17(22)20-16-10-6-7-11-19-18(16)23/h3-5,8-9,14,16H,6-7,10-13H2,1-2H3,(H,19,23)(H,20,22). The summed E-state index contributed by atoms with van der Waals surface area (Å²) in [6.45, 7) is 5.89. The molecule has 0 radical (unpaired) electrons. The third-order valence-electron chi connectivity index (χ3n) is 4.18. The molecule has 1 unspecified atom stereocenters. The molecule has 0 aromatic heterocycles. The number of carbonyl (C=O) groups is 2. The second-order valence-electron chi connectivity index (χ2n) is 6.39. The molecule has 2 rings (SSSR count). The quantitative estimate of drug-likeness (QED) is 0.839. The van der Waals surface area contributed by atoms with Gasteiger partial charge >= 0.3 is 0 Å². The molecule has 0 saturated carbocycles. The molecule has 5 heteroatoms. The Kier molecular flexibility index (Phi) is 6.59. The second-order valence-corrected chi connectivity index (χ2v) is 6.39. The molecule has 1 aromatic rings. The smallest absolute Gasteiger partial charge is 0.242 e. The van der Waals surface area contributed by atoms with Crippen molar-refractivity contribution in [3.8, 4) is 0 Å². The van der Waals surface area contributed by atoms with Crippen LogP contribution < -0.4 is 10.6 Å². The monoisotopic (exact) mass is 317 g/mol. The first-order chi connectivity index (χ1) is 11.1. The van der Waals surface area contributed by atoms with Crippen molar-refractivity contribution in [2.24, 2.45) is 0 Å². The Bertz CT molecular complexity index is 516. The lowest BCUT2D eigenvalue weighted by atomic mass is 10.1. The largest absolute Gasteiger partial charge is 0.354 e. The maximum absolute atomic E-state index is 12.3. The van der Waals surface area contributed by atoms with E-state index in [2.05, 4.69) is 41.5 Å². The summed E-state index contributed by atoms with van der Waals surface area (Å²) in [7, 11) is 0. The van der Waals surface area contributed by atoms with E-state index in [0.29, 0.717) is 13.1 Å². The van der Waals surface area contributed by atoms with Crippen LogP contribution in [0.4, 0.5) is 0 Å². The lowest BCUT2D eigenvalue weighted by Crippen LogP contribution is -2.49. The molecule has 1 aliphatic rings. The number of hydrogen-bond acceptors (Lipinski definition) is 3. The average molecular weight is 317 g/mol. The molecular formula is C18H27N3O2. The second kappa shape index (κ2) is 8.67. The summed E-state index contributed by atoms with van der Waals surface area (Å²) in [6.07, 6.45) is 2.66. The van der Waals surface area contributed by atoms with Crippen molar-refractivity contribution < 1.29 is 9.59 Å². The van der Waals surface area contributed by atoms with Crippen molar-refractivity contribution in [1.29, 1.82) is 0 Å². The molecule has 1 saturated heterocycles. The Hall–Kier alpha value is -1.88. The van der Waals surface area contributed by atoms with Crippen LogP contribution in [-0.4, -0.2) is 41.9 Å². The van der Waals surface area contributed by atoms with Gasteiger partial charge in [0, 0.05) is 19.1 Å². The van der Waals surface area contributed by atoms with Crippen molar-refractivity contribution in [2.75, 3.05) is 13.1 Å². The molecule has 2 N–H and O–H groups in total. The van der Waals surface area contributed by atoms with E-state index < -0.39 is 6.04 Å². The van der Waals surface area contributed by atoms with E-state index in [1.807, 2.05) is 18.2 Å². The van der Waals surface area contributed by atoms with Crippen LogP contribution in [0, 0.1) is 0 Å². The molecule has 0 aliphatic carbocycles. The predicted molar refractivity (Wildman–Crippen MR) is 90.8 cm³/mol. The minimum atomic E-state index is -0.393. The molecule has 0 spiro atoms. The van der Waals surface area contributed by atoms with Gasteiger partial charge < -0.3 is 10.6 Å². The van der Waals surface area contributed by atoms with Crippen LogP contribution in [0.1, 0.15) is 38.7 Å². The molecule has 1 heterocycles. The van der Waals surface area contributed by atoms with Gasteiger partial charge in [0.15, 0.2) is 0 Å². The summed E-state index contributed by atoms with van der Waals surface area (Å²) in [6, 6.07) is 9.98. The van der Waals surface area contributed by atoms with E-state index in [-0.39, 0.29) is 17.9 Å². The zero-order chi connectivity index (χ0) is 16.7. The van der Waals surface area contributed by atoms with E-state index in [4.69, 9.17) is 0 Å². The fraction of sp³-hybridized carbons (Fsp3) is 0.556. The molecule has 2 amide bonds. The minimum absolute atomic E-state index is 0.0602. The number of nitrogens with one attached hydrogen (secondary N) is 2. The fourth-order valence-electron chi connectivity index (χ4n) is 2.74. The third kappa shape index (κ3) is 5.67. The fourth-order valence-corrected chi connectivity index (χ4v) is 2.74. The Morgan fingerprint density at radius 3 is 2.74 bits per heavy atom. The van der Waals surface area contributed by atoms with Crippen LogP contribution in [0.25, 0.3) is 0 Å². The van der Waals surface area contributed by atoms with Gasteiger partial charge in [0.2, 0.25) is 11.8 Å². The molecule has 1 aliphatic heterocycles. The van der Waals surface area contributed by atoms with E-state index in [1.165, 1.54) is 5.56 Å². The summed E-state index contributed by atoms with van der Waals surface area (Å²) >= 11 is 0. The Morgan fingerprint density at radius 2 is 2.04 bits per heavy atom. The summed E-state index contributed by atoms with van der Waals surface area (Å²) in [5.74, 6) is -0.147. The van der Waals surface area contributed by atoms with Crippen molar-refractivity contribution in [2.45, 2.75) is 51.7 Å². The molecule has 126 valence electrons. The Morgan fingerprint density at radius 1 is 1.30 bits per heavy atom. The van der Waals surface area contributed by atoms with Gasteiger partial charge in [-0.2, -0.15) is 0 Å². The highest BCUT2D eigenvalue weighted by Gasteiger charge is 2.23. The molecule has 1 atom stereocenters. The topological polar surface area (TPSA) is 61.4 Å². The first-order valence-corrected chi connectivity index (χ1v) is 8.41. The lowest BCUT2D eigenvalue weighted by Gasteiger charge is -2.27. The van der Waals surface area contributed by atoms with E-state index >= 15 is 0 Å². The van der Waals surface area contributed by atoms with Crippen LogP contribution in [0.5, 0.6) is 0 Å². The molecule has 1 aromatic carbocycles.